The number of benzene rings is 1. The van der Waals surface area contributed by atoms with Crippen LogP contribution >= 0.6 is 0 Å². The van der Waals surface area contributed by atoms with Crippen LogP contribution in [-0.2, 0) is 13.0 Å². The van der Waals surface area contributed by atoms with Crippen LogP contribution in [0, 0.1) is 5.92 Å². The minimum absolute atomic E-state index is 0.844. The summed E-state index contributed by atoms with van der Waals surface area (Å²) < 4.78 is 7.77. The van der Waals surface area contributed by atoms with E-state index in [4.69, 9.17) is 4.74 Å². The Morgan fingerprint density at radius 1 is 1.29 bits per heavy atom. The van der Waals surface area contributed by atoms with Crippen molar-refractivity contribution in [3.8, 4) is 5.75 Å². The number of nitrogens with zero attached hydrogens (tertiary/aromatic N) is 1. The Labute approximate surface area is 145 Å². The molecule has 0 unspecified atom stereocenters. The number of fused-ring (bicyclic) bond motifs is 1. The van der Waals surface area contributed by atoms with E-state index < -0.39 is 0 Å². The number of aromatic nitrogens is 1. The van der Waals surface area contributed by atoms with Crippen molar-refractivity contribution >= 4 is 10.9 Å². The second-order valence-electron chi connectivity index (χ2n) is 6.88. The van der Waals surface area contributed by atoms with Crippen LogP contribution in [0.15, 0.2) is 24.4 Å². The quantitative estimate of drug-likeness (QED) is 0.731. The van der Waals surface area contributed by atoms with Gasteiger partial charge in [-0.25, -0.2) is 0 Å². The second-order valence-corrected chi connectivity index (χ2v) is 6.88. The highest BCUT2D eigenvalue weighted by molar-refractivity contribution is 5.85. The zero-order valence-corrected chi connectivity index (χ0v) is 15.1. The largest absolute Gasteiger partial charge is 0.497 e. The summed E-state index contributed by atoms with van der Waals surface area (Å²) in [5.41, 5.74) is 2.74. The first-order chi connectivity index (χ1) is 11.8. The summed E-state index contributed by atoms with van der Waals surface area (Å²) in [4.78, 5) is 0. The molecular weight excluding hydrogens is 298 g/mol. The fourth-order valence-corrected chi connectivity index (χ4v) is 3.71. The van der Waals surface area contributed by atoms with Crippen molar-refractivity contribution in [2.45, 2.75) is 39.2 Å². The van der Waals surface area contributed by atoms with E-state index >= 15 is 0 Å². The van der Waals surface area contributed by atoms with Crippen molar-refractivity contribution in [3.63, 3.8) is 0 Å². The molecule has 2 aromatic rings. The van der Waals surface area contributed by atoms with Crippen molar-refractivity contribution in [1.29, 1.82) is 0 Å². The summed E-state index contributed by atoms with van der Waals surface area (Å²) in [6.45, 7) is 7.86. The average Bonchev–Trinajstić information content (AvgIpc) is 2.97. The van der Waals surface area contributed by atoms with E-state index in [1.54, 1.807) is 7.11 Å². The van der Waals surface area contributed by atoms with Gasteiger partial charge >= 0.3 is 0 Å². The van der Waals surface area contributed by atoms with Crippen molar-refractivity contribution < 1.29 is 4.74 Å². The lowest BCUT2D eigenvalue weighted by Crippen LogP contribution is -2.34. The lowest BCUT2D eigenvalue weighted by Gasteiger charge is -2.22. The van der Waals surface area contributed by atoms with E-state index in [2.05, 4.69) is 46.5 Å². The molecule has 0 atom stereocenters. The van der Waals surface area contributed by atoms with E-state index in [9.17, 15) is 0 Å². The summed E-state index contributed by atoms with van der Waals surface area (Å²) in [6, 6.07) is 6.45. The summed E-state index contributed by atoms with van der Waals surface area (Å²) in [5.74, 6) is 1.78. The predicted molar refractivity (Wildman–Crippen MR) is 101 cm³/mol. The fraction of sp³-hybridized carbons (Fsp3) is 0.600. The van der Waals surface area contributed by atoms with E-state index in [1.807, 2.05) is 0 Å². The van der Waals surface area contributed by atoms with Gasteiger partial charge in [0.05, 0.1) is 12.6 Å². The number of ether oxygens (including phenoxy) is 1. The van der Waals surface area contributed by atoms with Crippen LogP contribution in [0.5, 0.6) is 5.75 Å². The van der Waals surface area contributed by atoms with Gasteiger partial charge in [0.2, 0.25) is 0 Å². The summed E-state index contributed by atoms with van der Waals surface area (Å²) >= 11 is 0. The molecule has 1 aliphatic heterocycles. The first kappa shape index (κ1) is 17.3. The number of methoxy groups -OCH3 is 1. The molecule has 24 heavy (non-hydrogen) atoms. The van der Waals surface area contributed by atoms with Gasteiger partial charge in [0.1, 0.15) is 5.75 Å². The standard InChI is InChI=1S/C20H31N3O/c1-3-12-23-15-17(19-5-4-18(24-2)13-20(19)23)8-11-22-14-16-6-9-21-10-7-16/h4-5,13,15-16,21-22H,3,6-12,14H2,1-2H3. The third-order valence-corrected chi connectivity index (χ3v) is 5.10. The van der Waals surface area contributed by atoms with Gasteiger partial charge in [-0.15, -0.1) is 0 Å². The second kappa shape index (κ2) is 8.54. The summed E-state index contributed by atoms with van der Waals surface area (Å²) in [5, 5.41) is 8.47. The molecule has 1 aliphatic rings. The number of piperidine rings is 1. The molecule has 2 N–H and O–H groups in total. The van der Waals surface area contributed by atoms with Crippen molar-refractivity contribution in [2.24, 2.45) is 5.92 Å². The zero-order chi connectivity index (χ0) is 16.8. The number of nitrogens with one attached hydrogen (secondary N) is 2. The topological polar surface area (TPSA) is 38.2 Å². The molecule has 1 aromatic heterocycles. The van der Waals surface area contributed by atoms with Crippen LogP contribution in [0.1, 0.15) is 31.7 Å². The summed E-state index contributed by atoms with van der Waals surface area (Å²) in [7, 11) is 1.74. The van der Waals surface area contributed by atoms with Crippen molar-refractivity contribution in [2.75, 3.05) is 33.3 Å². The lowest BCUT2D eigenvalue weighted by atomic mass is 9.98. The van der Waals surface area contributed by atoms with Crippen LogP contribution in [-0.4, -0.2) is 37.9 Å². The molecule has 0 spiro atoms. The number of hydrogen-bond donors (Lipinski definition) is 2. The number of hydrogen-bond acceptors (Lipinski definition) is 3. The third-order valence-electron chi connectivity index (χ3n) is 5.10. The Hall–Kier alpha value is -1.52. The predicted octanol–water partition coefficient (Wildman–Crippen LogP) is 3.19. The molecule has 3 rings (SSSR count). The van der Waals surface area contributed by atoms with Gasteiger partial charge in [-0.05, 0) is 75.5 Å². The molecule has 0 amide bonds. The maximum Gasteiger partial charge on any atom is 0.120 e. The Kier molecular flexibility index (Phi) is 6.16. The maximum absolute atomic E-state index is 5.40. The molecule has 2 heterocycles. The van der Waals surface area contributed by atoms with Gasteiger partial charge in [0.25, 0.3) is 0 Å². The third kappa shape index (κ3) is 4.11. The van der Waals surface area contributed by atoms with E-state index in [0.717, 1.165) is 44.1 Å². The average molecular weight is 329 g/mol. The van der Waals surface area contributed by atoms with Crippen LogP contribution in [0.4, 0.5) is 0 Å². The monoisotopic (exact) mass is 329 g/mol. The fourth-order valence-electron chi connectivity index (χ4n) is 3.71. The van der Waals surface area contributed by atoms with E-state index in [0.29, 0.717) is 0 Å². The lowest BCUT2D eigenvalue weighted by molar-refractivity contribution is 0.358. The molecule has 0 saturated carbocycles. The number of rotatable bonds is 8. The first-order valence-corrected chi connectivity index (χ1v) is 9.39. The minimum Gasteiger partial charge on any atom is -0.497 e. The van der Waals surface area contributed by atoms with Gasteiger partial charge in [-0.3, -0.25) is 0 Å². The molecule has 1 aromatic carbocycles. The van der Waals surface area contributed by atoms with E-state index in [-0.39, 0.29) is 0 Å². The van der Waals surface area contributed by atoms with Gasteiger partial charge in [-0.2, -0.15) is 0 Å². The van der Waals surface area contributed by atoms with Crippen molar-refractivity contribution in [1.82, 2.24) is 15.2 Å². The number of aryl methyl sites for hydroxylation is 1. The molecule has 0 radical (unpaired) electrons. The maximum atomic E-state index is 5.40. The zero-order valence-electron chi connectivity index (χ0n) is 15.1. The van der Waals surface area contributed by atoms with Gasteiger partial charge < -0.3 is 19.9 Å². The first-order valence-electron chi connectivity index (χ1n) is 9.39. The van der Waals surface area contributed by atoms with Crippen LogP contribution in [0.25, 0.3) is 10.9 Å². The smallest absolute Gasteiger partial charge is 0.120 e. The molecule has 0 bridgehead atoms. The Morgan fingerprint density at radius 3 is 2.88 bits per heavy atom. The van der Waals surface area contributed by atoms with Gasteiger partial charge in [-0.1, -0.05) is 6.92 Å². The van der Waals surface area contributed by atoms with Crippen LogP contribution in [0.2, 0.25) is 0 Å². The van der Waals surface area contributed by atoms with Gasteiger partial charge in [0, 0.05) is 24.2 Å². The molecule has 4 nitrogen and oxygen atoms in total. The SMILES string of the molecule is CCCn1cc(CCNCC2CCNCC2)c2ccc(OC)cc21. The molecule has 132 valence electrons. The van der Waals surface area contributed by atoms with E-state index in [1.165, 1.54) is 42.4 Å². The Bertz CT molecular complexity index is 644. The van der Waals surface area contributed by atoms with Crippen molar-refractivity contribution in [3.05, 3.63) is 30.0 Å². The molecule has 1 saturated heterocycles. The van der Waals surface area contributed by atoms with Crippen LogP contribution in [0.3, 0.4) is 0 Å². The highest BCUT2D eigenvalue weighted by Gasteiger charge is 2.13. The molecule has 4 heteroatoms. The minimum atomic E-state index is 0.844. The highest BCUT2D eigenvalue weighted by atomic mass is 16.5. The Balaban J connectivity index is 1.63. The highest BCUT2D eigenvalue weighted by Crippen LogP contribution is 2.26. The molecular formula is C20H31N3O. The Morgan fingerprint density at radius 2 is 2.12 bits per heavy atom. The molecule has 1 fully saturated rings. The normalized spacial score (nSPS) is 15.9. The van der Waals surface area contributed by atoms with Crippen LogP contribution < -0.4 is 15.4 Å². The molecule has 0 aliphatic carbocycles. The van der Waals surface area contributed by atoms with Gasteiger partial charge in [0.15, 0.2) is 0 Å². The summed E-state index contributed by atoms with van der Waals surface area (Å²) in [6.07, 6.45) is 7.18.